The van der Waals surface area contributed by atoms with Gasteiger partial charge in [-0.1, -0.05) is 206 Å². The van der Waals surface area contributed by atoms with Crippen molar-refractivity contribution in [3.63, 3.8) is 0 Å². The highest BCUT2D eigenvalue weighted by atomic mass is 15.1. The molecule has 1 nitrogen and oxygen atoms in total. The average Bonchev–Trinajstić information content (AvgIpc) is 3.37. The normalized spacial score (nSPS) is 14.3. The predicted molar refractivity (Wildman–Crippen MR) is 263 cm³/mol. The summed E-state index contributed by atoms with van der Waals surface area (Å²) in [5.74, 6) is 0.320. The van der Waals surface area contributed by atoms with E-state index < -0.39 is 0 Å². The Morgan fingerprint density at radius 3 is 1.05 bits per heavy atom. The van der Waals surface area contributed by atoms with Crippen LogP contribution in [0.2, 0.25) is 0 Å². The first-order chi connectivity index (χ1) is 31.3. The second-order valence-corrected chi connectivity index (χ2v) is 16.8. The van der Waals surface area contributed by atoms with E-state index in [1.54, 1.807) is 0 Å². The van der Waals surface area contributed by atoms with E-state index in [1.165, 1.54) is 89.0 Å². The first-order valence-corrected chi connectivity index (χ1v) is 22.0. The molecule has 0 atom stereocenters. The first kappa shape index (κ1) is 36.8. The van der Waals surface area contributed by atoms with Gasteiger partial charge in [0.25, 0.3) is 0 Å². The molecule has 3 aliphatic rings. The Morgan fingerprint density at radius 1 is 0.222 bits per heavy atom. The standard InChI is InChI=1S/C62H43N/c1-4-16-42(17-5-1)44-30-34-50(35-31-44)63(52-25-15-24-49(41-52)48-23-14-22-47(40-48)43-18-6-2-7-19-43)51-36-32-46(33-37-51)54-39-38-53(45-20-8-3-9-21-45)61-59-55-26-10-12-28-57(55)60(62(54)61)58-29-13-11-27-56(58)59/h1-41,59-60H. The van der Waals surface area contributed by atoms with Crippen LogP contribution in [0.4, 0.5) is 17.1 Å². The fourth-order valence-electron chi connectivity index (χ4n) is 10.4. The summed E-state index contributed by atoms with van der Waals surface area (Å²) in [6.45, 7) is 0. The van der Waals surface area contributed by atoms with Crippen molar-refractivity contribution in [1.82, 2.24) is 0 Å². The molecule has 2 bridgehead atoms. The van der Waals surface area contributed by atoms with E-state index in [4.69, 9.17) is 0 Å². The van der Waals surface area contributed by atoms with Crippen LogP contribution in [0.3, 0.4) is 0 Å². The number of nitrogens with zero attached hydrogens (tertiary/aromatic N) is 1. The maximum Gasteiger partial charge on any atom is 0.0467 e. The van der Waals surface area contributed by atoms with Crippen LogP contribution in [0, 0.1) is 0 Å². The summed E-state index contributed by atoms with van der Waals surface area (Å²) in [5.41, 5.74) is 24.2. The van der Waals surface area contributed by atoms with Crippen LogP contribution in [0.1, 0.15) is 45.2 Å². The van der Waals surface area contributed by atoms with E-state index in [-0.39, 0.29) is 11.8 Å². The number of rotatable bonds is 8. The van der Waals surface area contributed by atoms with E-state index in [0.29, 0.717) is 0 Å². The third kappa shape index (κ3) is 6.40. The lowest BCUT2D eigenvalue weighted by Crippen LogP contribution is -2.28. The monoisotopic (exact) mass is 801 g/mol. The summed E-state index contributed by atoms with van der Waals surface area (Å²) in [4.78, 5) is 2.39. The van der Waals surface area contributed by atoms with Gasteiger partial charge in [-0.2, -0.15) is 0 Å². The highest BCUT2D eigenvalue weighted by Crippen LogP contribution is 2.60. The van der Waals surface area contributed by atoms with Crippen molar-refractivity contribution >= 4 is 17.1 Å². The third-order valence-electron chi connectivity index (χ3n) is 13.3. The van der Waals surface area contributed by atoms with Crippen LogP contribution < -0.4 is 4.90 Å². The smallest absolute Gasteiger partial charge is 0.0467 e. The molecule has 10 aromatic carbocycles. The Hall–Kier alpha value is -8.00. The Balaban J connectivity index is 0.987. The first-order valence-electron chi connectivity index (χ1n) is 22.0. The highest BCUT2D eigenvalue weighted by molar-refractivity contribution is 5.88. The summed E-state index contributed by atoms with van der Waals surface area (Å²) in [5, 5.41) is 0. The minimum absolute atomic E-state index is 0.151. The SMILES string of the molecule is c1ccc(-c2ccc(N(c3ccc(-c4ccc(-c5ccccc5)c5c4C4c6ccccc6C5c5ccccc54)cc3)c3cccc(-c4cccc(-c5ccccc5)c4)c3)cc2)cc1. The maximum atomic E-state index is 2.39. The van der Waals surface area contributed by atoms with Gasteiger partial charge in [-0.25, -0.2) is 0 Å². The van der Waals surface area contributed by atoms with Gasteiger partial charge < -0.3 is 4.90 Å². The molecule has 0 radical (unpaired) electrons. The van der Waals surface area contributed by atoms with Crippen molar-refractivity contribution < 1.29 is 0 Å². The zero-order valence-corrected chi connectivity index (χ0v) is 34.8. The molecular formula is C62H43N. The van der Waals surface area contributed by atoms with Crippen molar-refractivity contribution in [3.8, 4) is 55.6 Å². The number of hydrogen-bond acceptors (Lipinski definition) is 1. The van der Waals surface area contributed by atoms with Crippen LogP contribution in [0.25, 0.3) is 55.6 Å². The van der Waals surface area contributed by atoms with Gasteiger partial charge in [-0.05, 0) is 131 Å². The van der Waals surface area contributed by atoms with Gasteiger partial charge in [-0.3, -0.25) is 0 Å². The minimum Gasteiger partial charge on any atom is -0.310 e. The van der Waals surface area contributed by atoms with E-state index >= 15 is 0 Å². The van der Waals surface area contributed by atoms with Crippen molar-refractivity contribution in [1.29, 1.82) is 0 Å². The molecule has 13 rings (SSSR count). The van der Waals surface area contributed by atoms with Gasteiger partial charge in [-0.15, -0.1) is 0 Å². The van der Waals surface area contributed by atoms with Crippen LogP contribution >= 0.6 is 0 Å². The lowest BCUT2D eigenvalue weighted by molar-refractivity contribution is 0.757. The van der Waals surface area contributed by atoms with Crippen molar-refractivity contribution in [2.45, 2.75) is 11.8 Å². The minimum atomic E-state index is 0.151. The van der Waals surface area contributed by atoms with Gasteiger partial charge >= 0.3 is 0 Å². The zero-order valence-electron chi connectivity index (χ0n) is 34.8. The van der Waals surface area contributed by atoms with E-state index in [2.05, 4.69) is 254 Å². The third-order valence-corrected chi connectivity index (χ3v) is 13.3. The second-order valence-electron chi connectivity index (χ2n) is 16.8. The van der Waals surface area contributed by atoms with Crippen molar-refractivity contribution in [3.05, 3.63) is 282 Å². The lowest BCUT2D eigenvalue weighted by Gasteiger charge is -2.44. The average molecular weight is 802 g/mol. The molecule has 0 fully saturated rings. The predicted octanol–water partition coefficient (Wildman–Crippen LogP) is 16.5. The summed E-state index contributed by atoms with van der Waals surface area (Å²) < 4.78 is 0. The molecule has 0 spiro atoms. The summed E-state index contributed by atoms with van der Waals surface area (Å²) in [6, 6.07) is 91.4. The van der Waals surface area contributed by atoms with Crippen LogP contribution in [0.15, 0.2) is 249 Å². The molecule has 0 aromatic heterocycles. The van der Waals surface area contributed by atoms with Crippen LogP contribution in [0.5, 0.6) is 0 Å². The van der Waals surface area contributed by atoms with Gasteiger partial charge in [0.2, 0.25) is 0 Å². The topological polar surface area (TPSA) is 3.24 Å². The van der Waals surface area contributed by atoms with E-state index in [9.17, 15) is 0 Å². The van der Waals surface area contributed by atoms with Crippen LogP contribution in [-0.2, 0) is 0 Å². The molecule has 0 saturated heterocycles. The second kappa shape index (κ2) is 15.5. The van der Waals surface area contributed by atoms with Gasteiger partial charge in [0, 0.05) is 28.9 Å². The quantitative estimate of drug-likeness (QED) is 0.148. The molecule has 10 aromatic rings. The number of anilines is 3. The summed E-state index contributed by atoms with van der Waals surface area (Å²) >= 11 is 0. The van der Waals surface area contributed by atoms with Gasteiger partial charge in [0.05, 0.1) is 0 Å². The van der Waals surface area contributed by atoms with Crippen molar-refractivity contribution in [2.24, 2.45) is 0 Å². The number of hydrogen-bond donors (Lipinski definition) is 0. The van der Waals surface area contributed by atoms with E-state index in [0.717, 1.165) is 17.1 Å². The van der Waals surface area contributed by atoms with Gasteiger partial charge in [0.15, 0.2) is 0 Å². The molecule has 0 saturated carbocycles. The fourth-order valence-corrected chi connectivity index (χ4v) is 10.4. The Bertz CT molecular complexity index is 3210. The summed E-state index contributed by atoms with van der Waals surface area (Å²) in [6.07, 6.45) is 0. The molecule has 0 amide bonds. The van der Waals surface area contributed by atoms with E-state index in [1.807, 2.05) is 0 Å². The highest BCUT2D eigenvalue weighted by Gasteiger charge is 2.43. The molecule has 1 heteroatoms. The Labute approximate surface area is 369 Å². The summed E-state index contributed by atoms with van der Waals surface area (Å²) in [7, 11) is 0. The molecular weight excluding hydrogens is 759 g/mol. The molecule has 0 aliphatic heterocycles. The number of benzene rings is 10. The molecule has 0 unspecified atom stereocenters. The van der Waals surface area contributed by atoms with Crippen molar-refractivity contribution in [2.75, 3.05) is 4.90 Å². The molecule has 0 N–H and O–H groups in total. The molecule has 296 valence electrons. The zero-order chi connectivity index (χ0) is 41.7. The fraction of sp³-hybridized carbons (Fsp3) is 0.0323. The van der Waals surface area contributed by atoms with Gasteiger partial charge in [0.1, 0.15) is 0 Å². The largest absolute Gasteiger partial charge is 0.310 e. The lowest BCUT2D eigenvalue weighted by atomic mass is 9.58. The molecule has 0 heterocycles. The molecule has 63 heavy (non-hydrogen) atoms. The Kier molecular flexibility index (Phi) is 9.04. The Morgan fingerprint density at radius 2 is 0.556 bits per heavy atom. The maximum absolute atomic E-state index is 2.39. The van der Waals surface area contributed by atoms with Crippen LogP contribution in [-0.4, -0.2) is 0 Å². The molecule has 3 aliphatic carbocycles.